The molecule has 0 aliphatic carbocycles. The van der Waals surface area contributed by atoms with Gasteiger partial charge in [-0.1, -0.05) is 0 Å². The standard InChI is InChI=1S/C23H26N2O3/c1-16-13-17(5-7-21(16)27-3)23-15-20(26)19-14-18(6-8-22(19)28-23)25-10-4-9-24(2)11-12-25/h5-8,13-15H,4,9-12H2,1-3H3. The summed E-state index contributed by atoms with van der Waals surface area (Å²) >= 11 is 0. The molecular weight excluding hydrogens is 352 g/mol. The number of rotatable bonds is 3. The minimum atomic E-state index is -0.0153. The van der Waals surface area contributed by atoms with Crippen LogP contribution in [-0.2, 0) is 0 Å². The van der Waals surface area contributed by atoms with E-state index in [1.807, 2.05) is 37.3 Å². The summed E-state index contributed by atoms with van der Waals surface area (Å²) < 4.78 is 11.4. The first-order valence-electron chi connectivity index (χ1n) is 9.71. The van der Waals surface area contributed by atoms with Gasteiger partial charge < -0.3 is 19.0 Å². The Labute approximate surface area is 165 Å². The molecule has 4 rings (SSSR count). The predicted molar refractivity (Wildman–Crippen MR) is 114 cm³/mol. The highest BCUT2D eigenvalue weighted by molar-refractivity contribution is 5.82. The first-order valence-corrected chi connectivity index (χ1v) is 9.71. The molecule has 1 aliphatic rings. The largest absolute Gasteiger partial charge is 0.496 e. The maximum Gasteiger partial charge on any atom is 0.193 e. The van der Waals surface area contributed by atoms with Gasteiger partial charge in [0, 0.05) is 37.0 Å². The number of hydrogen-bond donors (Lipinski definition) is 0. The van der Waals surface area contributed by atoms with Gasteiger partial charge in [0.2, 0.25) is 0 Å². The van der Waals surface area contributed by atoms with Crippen molar-refractivity contribution in [3.63, 3.8) is 0 Å². The lowest BCUT2D eigenvalue weighted by molar-refractivity contribution is 0.360. The predicted octanol–water partition coefficient (Wildman–Crippen LogP) is 3.92. The minimum Gasteiger partial charge on any atom is -0.496 e. The van der Waals surface area contributed by atoms with Crippen LogP contribution in [0.25, 0.3) is 22.3 Å². The van der Waals surface area contributed by atoms with Gasteiger partial charge in [0.1, 0.15) is 17.1 Å². The lowest BCUT2D eigenvalue weighted by atomic mass is 10.1. The van der Waals surface area contributed by atoms with E-state index in [1.54, 1.807) is 13.2 Å². The van der Waals surface area contributed by atoms with Crippen LogP contribution in [0.2, 0.25) is 0 Å². The smallest absolute Gasteiger partial charge is 0.193 e. The molecule has 2 aromatic carbocycles. The summed E-state index contributed by atoms with van der Waals surface area (Å²) in [4.78, 5) is 17.5. The van der Waals surface area contributed by atoms with Crippen molar-refractivity contribution in [2.75, 3.05) is 45.2 Å². The Bertz CT molecular complexity index is 1060. The van der Waals surface area contributed by atoms with Crippen LogP contribution in [0.1, 0.15) is 12.0 Å². The van der Waals surface area contributed by atoms with Crippen molar-refractivity contribution >= 4 is 16.7 Å². The molecule has 0 radical (unpaired) electrons. The zero-order chi connectivity index (χ0) is 19.7. The van der Waals surface area contributed by atoms with E-state index < -0.39 is 0 Å². The van der Waals surface area contributed by atoms with Gasteiger partial charge in [0.15, 0.2) is 5.43 Å². The Morgan fingerprint density at radius 2 is 1.86 bits per heavy atom. The number of benzene rings is 2. The third-order valence-electron chi connectivity index (χ3n) is 5.47. The van der Waals surface area contributed by atoms with E-state index in [4.69, 9.17) is 9.15 Å². The Morgan fingerprint density at radius 3 is 2.64 bits per heavy atom. The van der Waals surface area contributed by atoms with Crippen molar-refractivity contribution in [2.45, 2.75) is 13.3 Å². The van der Waals surface area contributed by atoms with Gasteiger partial charge in [0.05, 0.1) is 12.5 Å². The first kappa shape index (κ1) is 18.6. The Balaban J connectivity index is 1.70. The first-order chi connectivity index (χ1) is 13.5. The molecule has 0 atom stereocenters. The Hall–Kier alpha value is -2.79. The highest BCUT2D eigenvalue weighted by Crippen LogP contribution is 2.28. The highest BCUT2D eigenvalue weighted by Gasteiger charge is 2.15. The average Bonchev–Trinajstić information content (AvgIpc) is 2.92. The van der Waals surface area contributed by atoms with Crippen LogP contribution < -0.4 is 15.1 Å². The maximum absolute atomic E-state index is 12.8. The van der Waals surface area contributed by atoms with Gasteiger partial charge in [-0.2, -0.15) is 0 Å². The Morgan fingerprint density at radius 1 is 1.00 bits per heavy atom. The van der Waals surface area contributed by atoms with Gasteiger partial charge in [-0.05, 0) is 68.9 Å². The van der Waals surface area contributed by atoms with Crippen molar-refractivity contribution in [1.29, 1.82) is 0 Å². The molecule has 3 aromatic rings. The number of aryl methyl sites for hydroxylation is 1. The molecule has 1 aromatic heterocycles. The van der Waals surface area contributed by atoms with Crippen LogP contribution in [0.15, 0.2) is 51.7 Å². The summed E-state index contributed by atoms with van der Waals surface area (Å²) in [6.45, 7) is 6.09. The summed E-state index contributed by atoms with van der Waals surface area (Å²) in [5, 5.41) is 0.629. The fraction of sp³-hybridized carbons (Fsp3) is 0.348. The fourth-order valence-corrected chi connectivity index (χ4v) is 3.82. The van der Waals surface area contributed by atoms with E-state index in [0.29, 0.717) is 16.7 Å². The summed E-state index contributed by atoms with van der Waals surface area (Å²) in [5.74, 6) is 1.40. The van der Waals surface area contributed by atoms with Gasteiger partial charge in [-0.15, -0.1) is 0 Å². The van der Waals surface area contributed by atoms with Crippen LogP contribution in [-0.4, -0.2) is 45.2 Å². The number of nitrogens with zero attached hydrogens (tertiary/aromatic N) is 2. The minimum absolute atomic E-state index is 0.0153. The van der Waals surface area contributed by atoms with Crippen LogP contribution in [0, 0.1) is 6.92 Å². The van der Waals surface area contributed by atoms with E-state index in [1.165, 1.54) is 0 Å². The molecule has 0 saturated carbocycles. The molecule has 0 spiro atoms. The average molecular weight is 378 g/mol. The molecule has 5 heteroatoms. The number of fused-ring (bicyclic) bond motifs is 1. The molecule has 0 N–H and O–H groups in total. The molecular formula is C23H26N2O3. The number of anilines is 1. The second-order valence-electron chi connectivity index (χ2n) is 7.48. The zero-order valence-electron chi connectivity index (χ0n) is 16.7. The highest BCUT2D eigenvalue weighted by atomic mass is 16.5. The number of methoxy groups -OCH3 is 1. The number of likely N-dealkylation sites (N-methyl/N-ethyl adjacent to an activating group) is 1. The topological polar surface area (TPSA) is 45.9 Å². The molecule has 0 unspecified atom stereocenters. The van der Waals surface area contributed by atoms with Crippen LogP contribution in [0.3, 0.4) is 0 Å². The fourth-order valence-electron chi connectivity index (χ4n) is 3.82. The van der Waals surface area contributed by atoms with E-state index in [-0.39, 0.29) is 5.43 Å². The molecule has 2 heterocycles. The van der Waals surface area contributed by atoms with E-state index in [9.17, 15) is 4.79 Å². The monoisotopic (exact) mass is 378 g/mol. The third-order valence-corrected chi connectivity index (χ3v) is 5.47. The van der Waals surface area contributed by atoms with E-state index in [2.05, 4.69) is 22.9 Å². The summed E-state index contributed by atoms with van der Waals surface area (Å²) in [6.07, 6.45) is 1.12. The molecule has 28 heavy (non-hydrogen) atoms. The number of hydrogen-bond acceptors (Lipinski definition) is 5. The number of ether oxygens (including phenoxy) is 1. The SMILES string of the molecule is COc1ccc(-c2cc(=O)c3cc(N4CCCN(C)CC4)ccc3o2)cc1C. The van der Waals surface area contributed by atoms with Crippen molar-refractivity contribution in [3.05, 3.63) is 58.3 Å². The van der Waals surface area contributed by atoms with Crippen molar-refractivity contribution < 1.29 is 9.15 Å². The van der Waals surface area contributed by atoms with Gasteiger partial charge in [0.25, 0.3) is 0 Å². The van der Waals surface area contributed by atoms with Gasteiger partial charge in [-0.3, -0.25) is 4.79 Å². The summed E-state index contributed by atoms with van der Waals surface area (Å²) in [7, 11) is 3.80. The molecule has 0 bridgehead atoms. The van der Waals surface area contributed by atoms with Gasteiger partial charge in [-0.25, -0.2) is 0 Å². The van der Waals surface area contributed by atoms with Crippen molar-refractivity contribution in [1.82, 2.24) is 4.90 Å². The quantitative estimate of drug-likeness (QED) is 0.691. The lowest BCUT2D eigenvalue weighted by Gasteiger charge is -2.23. The van der Waals surface area contributed by atoms with Gasteiger partial charge >= 0.3 is 0 Å². The molecule has 1 saturated heterocycles. The molecule has 1 aliphatic heterocycles. The molecule has 5 nitrogen and oxygen atoms in total. The third kappa shape index (κ3) is 3.62. The van der Waals surface area contributed by atoms with Crippen LogP contribution >= 0.6 is 0 Å². The van der Waals surface area contributed by atoms with E-state index in [0.717, 1.165) is 55.2 Å². The zero-order valence-corrected chi connectivity index (χ0v) is 16.7. The summed E-state index contributed by atoms with van der Waals surface area (Å²) in [6, 6.07) is 13.3. The molecule has 0 amide bonds. The molecule has 146 valence electrons. The normalized spacial score (nSPS) is 15.6. The van der Waals surface area contributed by atoms with Crippen LogP contribution in [0.5, 0.6) is 5.75 Å². The molecule has 1 fully saturated rings. The van der Waals surface area contributed by atoms with E-state index >= 15 is 0 Å². The van der Waals surface area contributed by atoms with Crippen molar-refractivity contribution in [3.8, 4) is 17.1 Å². The Kier molecular flexibility index (Phi) is 5.09. The second kappa shape index (κ2) is 7.68. The second-order valence-corrected chi connectivity index (χ2v) is 7.48. The lowest BCUT2D eigenvalue weighted by Crippen LogP contribution is -2.28. The maximum atomic E-state index is 12.8. The van der Waals surface area contributed by atoms with Crippen molar-refractivity contribution in [2.24, 2.45) is 0 Å². The van der Waals surface area contributed by atoms with Crippen LogP contribution in [0.4, 0.5) is 5.69 Å². The summed E-state index contributed by atoms with van der Waals surface area (Å²) in [5.41, 5.74) is 3.56.